The van der Waals surface area contributed by atoms with Crippen molar-refractivity contribution in [2.75, 3.05) is 26.9 Å². The largest absolute Gasteiger partial charge is 0.503 e. The van der Waals surface area contributed by atoms with Crippen molar-refractivity contribution in [1.82, 2.24) is 10.3 Å². The number of benzene rings is 2. The van der Waals surface area contributed by atoms with Gasteiger partial charge in [-0.3, -0.25) is 4.79 Å². The number of nitrogens with one attached hydrogen (secondary N) is 1. The third-order valence-corrected chi connectivity index (χ3v) is 6.90. The molecule has 2 N–H and O–H groups in total. The summed E-state index contributed by atoms with van der Waals surface area (Å²) in [5, 5.41) is 12.9. The van der Waals surface area contributed by atoms with Crippen LogP contribution < -0.4 is 10.1 Å². The molecule has 0 saturated heterocycles. The summed E-state index contributed by atoms with van der Waals surface area (Å²) >= 11 is 0. The molecule has 1 heterocycles. The van der Waals surface area contributed by atoms with Gasteiger partial charge in [-0.15, -0.1) is 0 Å². The molecule has 2 aromatic carbocycles. The van der Waals surface area contributed by atoms with Gasteiger partial charge in [-0.05, 0) is 74.2 Å². The highest BCUT2D eigenvalue weighted by Crippen LogP contribution is 2.36. The van der Waals surface area contributed by atoms with Crippen molar-refractivity contribution in [1.29, 1.82) is 0 Å². The van der Waals surface area contributed by atoms with E-state index in [1.54, 1.807) is 19.1 Å². The average molecular weight is 601 g/mol. The first-order chi connectivity index (χ1) is 20.6. The maximum absolute atomic E-state index is 14.4. The highest BCUT2D eigenvalue weighted by atomic mass is 19.1. The average Bonchev–Trinajstić information content (AvgIpc) is 2.99. The van der Waals surface area contributed by atoms with Crippen LogP contribution in [0, 0.1) is 11.6 Å². The minimum atomic E-state index is -1.53. The molecule has 0 bridgehead atoms. The summed E-state index contributed by atoms with van der Waals surface area (Å²) in [7, 11) is 1.33. The van der Waals surface area contributed by atoms with Crippen LogP contribution in [0.1, 0.15) is 66.4 Å². The van der Waals surface area contributed by atoms with Crippen LogP contribution in [-0.2, 0) is 32.2 Å². The van der Waals surface area contributed by atoms with Crippen LogP contribution in [0.4, 0.5) is 8.78 Å². The van der Waals surface area contributed by atoms with Gasteiger partial charge in [0, 0.05) is 31.4 Å². The molecule has 3 aromatic rings. The Kier molecular flexibility index (Phi) is 12.1. The number of carbonyl (C=O) groups is 2. The van der Waals surface area contributed by atoms with Crippen molar-refractivity contribution in [2.45, 2.75) is 58.5 Å². The molecule has 0 aliphatic heterocycles. The zero-order valence-corrected chi connectivity index (χ0v) is 25.0. The van der Waals surface area contributed by atoms with Gasteiger partial charge in [-0.25, -0.2) is 13.8 Å². The summed E-state index contributed by atoms with van der Waals surface area (Å²) in [6, 6.07) is 10.1. The standard InChI is InChI=1S/C32H38F2N2O7/c1-6-41-16-21-14-23(33)8-10-25(21)28(26-11-9-24(34)15-22(26)17-42-7-2)20(3)43-19-32(4,18-37)36-31(39)29-30(38)27(40-5)12-13-35-29/h8-15,18,20,28,38H,6-7,16-17,19H2,1-5H3,(H,36,39)/t20-,32-/m0/s1. The minimum absolute atomic E-state index is 0.0463. The number of aldehydes is 1. The predicted molar refractivity (Wildman–Crippen MR) is 155 cm³/mol. The van der Waals surface area contributed by atoms with E-state index in [-0.39, 0.29) is 31.3 Å². The Morgan fingerprint density at radius 3 is 2.07 bits per heavy atom. The predicted octanol–water partition coefficient (Wildman–Crippen LogP) is 5.07. The van der Waals surface area contributed by atoms with Gasteiger partial charge in [0.15, 0.2) is 17.2 Å². The maximum atomic E-state index is 14.4. The smallest absolute Gasteiger partial charge is 0.274 e. The van der Waals surface area contributed by atoms with Crippen molar-refractivity contribution in [3.8, 4) is 11.5 Å². The Balaban J connectivity index is 1.98. The lowest BCUT2D eigenvalue weighted by Gasteiger charge is -2.32. The van der Waals surface area contributed by atoms with E-state index in [0.717, 1.165) is 0 Å². The number of rotatable bonds is 16. The molecule has 11 heteroatoms. The fourth-order valence-electron chi connectivity index (χ4n) is 4.69. The van der Waals surface area contributed by atoms with Crippen LogP contribution in [-0.4, -0.2) is 60.9 Å². The number of nitrogens with zero attached hydrogens (tertiary/aromatic N) is 1. The van der Waals surface area contributed by atoms with E-state index in [2.05, 4.69) is 10.3 Å². The lowest BCUT2D eigenvalue weighted by molar-refractivity contribution is -0.115. The molecule has 0 radical (unpaired) electrons. The zero-order valence-electron chi connectivity index (χ0n) is 25.0. The molecule has 0 aliphatic carbocycles. The van der Waals surface area contributed by atoms with E-state index in [9.17, 15) is 23.5 Å². The monoisotopic (exact) mass is 600 g/mol. The number of amides is 1. The highest BCUT2D eigenvalue weighted by Gasteiger charge is 2.33. The molecule has 2 atom stereocenters. The van der Waals surface area contributed by atoms with E-state index < -0.39 is 40.9 Å². The molecule has 0 aliphatic rings. The van der Waals surface area contributed by atoms with Crippen molar-refractivity contribution in [3.63, 3.8) is 0 Å². The fraction of sp³-hybridized carbons (Fsp3) is 0.406. The van der Waals surface area contributed by atoms with Crippen LogP contribution >= 0.6 is 0 Å². The molecule has 0 fully saturated rings. The molecular formula is C32H38F2N2O7. The third kappa shape index (κ3) is 8.56. The van der Waals surface area contributed by atoms with Crippen molar-refractivity contribution in [2.24, 2.45) is 0 Å². The normalized spacial score (nSPS) is 13.4. The fourth-order valence-corrected chi connectivity index (χ4v) is 4.69. The summed E-state index contributed by atoms with van der Waals surface area (Å²) in [6.07, 6.45) is 1.15. The van der Waals surface area contributed by atoms with Gasteiger partial charge < -0.3 is 34.2 Å². The van der Waals surface area contributed by atoms with Gasteiger partial charge in [-0.2, -0.15) is 0 Å². The number of halogens is 2. The first kappa shape index (κ1) is 33.6. The van der Waals surface area contributed by atoms with Gasteiger partial charge in [0.05, 0.1) is 33.0 Å². The quantitative estimate of drug-likeness (QED) is 0.219. The van der Waals surface area contributed by atoms with Crippen molar-refractivity contribution >= 4 is 12.2 Å². The second kappa shape index (κ2) is 15.5. The van der Waals surface area contributed by atoms with Crippen LogP contribution in [0.25, 0.3) is 0 Å². The SMILES string of the molecule is CCOCc1cc(F)ccc1C(c1ccc(F)cc1COCC)[C@H](C)OC[C@](C)(C=O)NC(=O)c1nccc(OC)c1O. The third-order valence-electron chi connectivity index (χ3n) is 6.90. The van der Waals surface area contributed by atoms with Crippen LogP contribution in [0.15, 0.2) is 48.7 Å². The van der Waals surface area contributed by atoms with Crippen molar-refractivity contribution < 1.29 is 42.4 Å². The Morgan fingerprint density at radius 2 is 1.58 bits per heavy atom. The second-order valence-electron chi connectivity index (χ2n) is 10.2. The molecule has 3 rings (SSSR count). The molecule has 232 valence electrons. The Bertz CT molecular complexity index is 1350. The maximum Gasteiger partial charge on any atom is 0.274 e. The van der Waals surface area contributed by atoms with E-state index >= 15 is 0 Å². The summed E-state index contributed by atoms with van der Waals surface area (Å²) in [5.74, 6) is -2.68. The summed E-state index contributed by atoms with van der Waals surface area (Å²) < 4.78 is 51.2. The van der Waals surface area contributed by atoms with Crippen LogP contribution in [0.2, 0.25) is 0 Å². The van der Waals surface area contributed by atoms with Crippen molar-refractivity contribution in [3.05, 3.63) is 88.2 Å². The molecule has 43 heavy (non-hydrogen) atoms. The van der Waals surface area contributed by atoms with Gasteiger partial charge in [0.25, 0.3) is 5.91 Å². The van der Waals surface area contributed by atoms with E-state index in [1.807, 2.05) is 13.8 Å². The number of aromatic hydroxyl groups is 1. The van der Waals surface area contributed by atoms with Crippen LogP contribution in [0.3, 0.4) is 0 Å². The number of methoxy groups -OCH3 is 1. The Morgan fingerprint density at radius 1 is 1.02 bits per heavy atom. The molecule has 1 amide bonds. The topological polar surface area (TPSA) is 116 Å². The highest BCUT2D eigenvalue weighted by molar-refractivity contribution is 5.97. The number of ether oxygens (including phenoxy) is 4. The van der Waals surface area contributed by atoms with Gasteiger partial charge in [0.2, 0.25) is 0 Å². The summed E-state index contributed by atoms with van der Waals surface area (Å²) in [5.41, 5.74) is 0.696. The first-order valence-corrected chi connectivity index (χ1v) is 13.9. The van der Waals surface area contributed by atoms with Gasteiger partial charge in [0.1, 0.15) is 23.5 Å². The number of aromatic nitrogens is 1. The molecular weight excluding hydrogens is 562 g/mol. The molecule has 0 unspecified atom stereocenters. The molecule has 9 nitrogen and oxygen atoms in total. The number of pyridine rings is 1. The number of hydrogen-bond donors (Lipinski definition) is 2. The Hall–Kier alpha value is -3.93. The van der Waals surface area contributed by atoms with Crippen LogP contribution in [0.5, 0.6) is 11.5 Å². The minimum Gasteiger partial charge on any atom is -0.503 e. The zero-order chi connectivity index (χ0) is 31.6. The molecule has 0 saturated carbocycles. The first-order valence-electron chi connectivity index (χ1n) is 13.9. The number of hydrogen-bond acceptors (Lipinski definition) is 8. The number of carbonyl (C=O) groups excluding carboxylic acids is 2. The lowest BCUT2D eigenvalue weighted by Crippen LogP contribution is -2.51. The van der Waals surface area contributed by atoms with E-state index in [1.165, 1.54) is 50.6 Å². The molecule has 0 spiro atoms. The lowest BCUT2D eigenvalue weighted by atomic mass is 9.82. The van der Waals surface area contributed by atoms with E-state index in [0.29, 0.717) is 41.8 Å². The summed E-state index contributed by atoms with van der Waals surface area (Å²) in [6.45, 7) is 7.72. The second-order valence-corrected chi connectivity index (χ2v) is 10.2. The van der Waals surface area contributed by atoms with E-state index in [4.69, 9.17) is 18.9 Å². The van der Waals surface area contributed by atoms with Gasteiger partial charge in [-0.1, -0.05) is 12.1 Å². The van der Waals surface area contributed by atoms with Gasteiger partial charge >= 0.3 is 0 Å². The molecule has 1 aromatic heterocycles. The Labute approximate surface area is 250 Å². The summed E-state index contributed by atoms with van der Waals surface area (Å²) in [4.78, 5) is 29.1.